The molecule has 1 fully saturated rings. The average molecular weight is 608 g/mol. The molecule has 9 nitrogen and oxygen atoms in total. The second kappa shape index (κ2) is 11.7. The van der Waals surface area contributed by atoms with Gasteiger partial charge in [0.1, 0.15) is 17.1 Å². The van der Waals surface area contributed by atoms with Gasteiger partial charge >= 0.3 is 12.2 Å². The Labute approximate surface area is 254 Å². The largest absolute Gasteiger partial charge is 0.455 e. The Morgan fingerprint density at radius 1 is 1.11 bits per heavy atom. The van der Waals surface area contributed by atoms with Crippen LogP contribution >= 0.6 is 0 Å². The van der Waals surface area contributed by atoms with Crippen molar-refractivity contribution in [2.45, 2.75) is 52.0 Å². The Morgan fingerprint density at radius 2 is 1.93 bits per heavy atom. The van der Waals surface area contributed by atoms with E-state index in [0.29, 0.717) is 24.6 Å². The molecule has 4 aromatic rings. The van der Waals surface area contributed by atoms with Crippen LogP contribution in [-0.4, -0.2) is 75.0 Å². The maximum absolute atomic E-state index is 14.2. The predicted octanol–water partition coefficient (Wildman–Crippen LogP) is 6.36. The predicted molar refractivity (Wildman–Crippen MR) is 162 cm³/mol. The Balaban J connectivity index is 1.18. The van der Waals surface area contributed by atoms with Crippen LogP contribution in [-0.2, 0) is 19.3 Å². The summed E-state index contributed by atoms with van der Waals surface area (Å²) in [6.45, 7) is 9.07. The fraction of sp³-hybridized carbons (Fsp3) is 0.406. The number of aromatic amines is 1. The van der Waals surface area contributed by atoms with Gasteiger partial charge in [0.2, 0.25) is 0 Å². The van der Waals surface area contributed by atoms with E-state index in [-0.39, 0.29) is 36.3 Å². The van der Waals surface area contributed by atoms with Crippen LogP contribution in [0.1, 0.15) is 47.8 Å². The number of halogens is 3. The highest BCUT2D eigenvalue weighted by Crippen LogP contribution is 2.36. The number of hydrogen-bond acceptors (Lipinski definition) is 6. The van der Waals surface area contributed by atoms with Gasteiger partial charge in [-0.3, -0.25) is 9.88 Å². The number of fused-ring (bicyclic) bond motifs is 2. The first-order chi connectivity index (χ1) is 20.9. The number of benzene rings is 1. The number of rotatable bonds is 5. The summed E-state index contributed by atoms with van der Waals surface area (Å²) >= 11 is 0. The van der Waals surface area contributed by atoms with E-state index in [2.05, 4.69) is 30.1 Å². The van der Waals surface area contributed by atoms with Crippen LogP contribution in [0.15, 0.2) is 48.8 Å². The van der Waals surface area contributed by atoms with Gasteiger partial charge in [-0.1, -0.05) is 13.0 Å². The molecule has 0 bridgehead atoms. The van der Waals surface area contributed by atoms with Gasteiger partial charge in [-0.05, 0) is 62.4 Å². The number of H-pyrrole nitrogens is 1. The average Bonchev–Trinajstić information content (AvgIpc) is 3.35. The highest BCUT2D eigenvalue weighted by Gasteiger charge is 2.35. The SMILES string of the molecule is Cc1cc2c(Oc3cnc4c(c3)CN(C(=O)Nc3ccc(CN5CCN(C)C[C@H]5C)c(C(F)(F)F)c3)C[C@H]4C)ccnc2[nH]1. The third kappa shape index (κ3) is 6.22. The van der Waals surface area contributed by atoms with E-state index in [4.69, 9.17) is 4.74 Å². The molecule has 2 N–H and O–H groups in total. The van der Waals surface area contributed by atoms with Crippen molar-refractivity contribution in [2.75, 3.05) is 38.5 Å². The molecule has 2 aliphatic rings. The van der Waals surface area contributed by atoms with Gasteiger partial charge in [0.15, 0.2) is 0 Å². The number of carbonyl (C=O) groups excluding carboxylic acids is 1. The second-order valence-electron chi connectivity index (χ2n) is 12.0. The van der Waals surface area contributed by atoms with Crippen molar-refractivity contribution < 1.29 is 22.7 Å². The smallest absolute Gasteiger partial charge is 0.416 e. The number of ether oxygens (including phenoxy) is 1. The van der Waals surface area contributed by atoms with Crippen molar-refractivity contribution >= 4 is 22.8 Å². The second-order valence-corrected chi connectivity index (χ2v) is 12.0. The van der Waals surface area contributed by atoms with E-state index < -0.39 is 17.8 Å². The summed E-state index contributed by atoms with van der Waals surface area (Å²) in [4.78, 5) is 31.3. The zero-order chi connectivity index (χ0) is 31.2. The molecule has 2 amide bonds. The van der Waals surface area contributed by atoms with Crippen LogP contribution in [0, 0.1) is 6.92 Å². The Bertz CT molecular complexity index is 1690. The number of nitrogens with zero attached hydrogens (tertiary/aromatic N) is 5. The van der Waals surface area contributed by atoms with E-state index >= 15 is 0 Å². The zero-order valence-corrected chi connectivity index (χ0v) is 25.2. The number of aryl methyl sites for hydroxylation is 1. The highest BCUT2D eigenvalue weighted by molar-refractivity contribution is 5.89. The monoisotopic (exact) mass is 607 g/mol. The van der Waals surface area contributed by atoms with E-state index in [1.807, 2.05) is 40.0 Å². The molecule has 1 saturated heterocycles. The van der Waals surface area contributed by atoms with Crippen molar-refractivity contribution in [2.24, 2.45) is 0 Å². The lowest BCUT2D eigenvalue weighted by Crippen LogP contribution is -2.49. The molecule has 2 atom stereocenters. The number of aromatic nitrogens is 3. The number of hydrogen-bond donors (Lipinski definition) is 2. The first-order valence-electron chi connectivity index (χ1n) is 14.7. The number of pyridine rings is 2. The number of nitrogens with one attached hydrogen (secondary N) is 2. The molecule has 0 aliphatic carbocycles. The standard InChI is InChI=1S/C32H36F3N7O2/c1-19-15-42(18-23-12-25(14-37-29(19)23)44-28-7-8-36-30-26(28)11-20(2)38-30)31(43)39-24-6-5-22(27(13-24)32(33,34)35)17-41-10-9-40(4)16-21(41)3/h5-8,11-14,19,21H,9-10,15-18H2,1-4H3,(H,36,38)(H,39,43)/t19-,21-/m1/s1. The summed E-state index contributed by atoms with van der Waals surface area (Å²) in [6.07, 6.45) is -1.22. The van der Waals surface area contributed by atoms with Crippen LogP contribution in [0.5, 0.6) is 11.5 Å². The van der Waals surface area contributed by atoms with Gasteiger partial charge in [0.05, 0.1) is 22.8 Å². The minimum absolute atomic E-state index is 0.0720. The lowest BCUT2D eigenvalue weighted by atomic mass is 9.96. The van der Waals surface area contributed by atoms with Crippen LogP contribution in [0.25, 0.3) is 11.0 Å². The van der Waals surface area contributed by atoms with Crippen molar-refractivity contribution in [3.8, 4) is 11.5 Å². The number of amides is 2. The maximum atomic E-state index is 14.2. The number of urea groups is 1. The third-order valence-electron chi connectivity index (χ3n) is 8.45. The minimum atomic E-state index is -4.55. The molecule has 44 heavy (non-hydrogen) atoms. The number of alkyl halides is 3. The summed E-state index contributed by atoms with van der Waals surface area (Å²) < 4.78 is 48.6. The van der Waals surface area contributed by atoms with Gasteiger partial charge in [-0.2, -0.15) is 13.2 Å². The summed E-state index contributed by atoms with van der Waals surface area (Å²) in [7, 11) is 2.02. The van der Waals surface area contributed by atoms with Crippen LogP contribution in [0.4, 0.5) is 23.7 Å². The van der Waals surface area contributed by atoms with E-state index in [9.17, 15) is 18.0 Å². The molecule has 0 saturated carbocycles. The Morgan fingerprint density at radius 3 is 2.70 bits per heavy atom. The van der Waals surface area contributed by atoms with Gasteiger partial charge in [0.25, 0.3) is 0 Å². The lowest BCUT2D eigenvalue weighted by Gasteiger charge is -2.38. The number of anilines is 1. The normalized spacial score (nSPS) is 19.7. The fourth-order valence-electron chi connectivity index (χ4n) is 6.21. The molecular formula is C32H36F3N7O2. The summed E-state index contributed by atoms with van der Waals surface area (Å²) in [5.74, 6) is 1.08. The summed E-state index contributed by atoms with van der Waals surface area (Å²) in [6, 6.07) is 9.35. The topological polar surface area (TPSA) is 89.6 Å². The van der Waals surface area contributed by atoms with Gasteiger partial charge in [-0.15, -0.1) is 0 Å². The minimum Gasteiger partial charge on any atom is -0.455 e. The molecule has 2 aliphatic heterocycles. The van der Waals surface area contributed by atoms with Crippen LogP contribution in [0.2, 0.25) is 0 Å². The molecule has 12 heteroatoms. The first kappa shape index (κ1) is 29.9. The lowest BCUT2D eigenvalue weighted by molar-refractivity contribution is -0.138. The molecule has 3 aromatic heterocycles. The van der Waals surface area contributed by atoms with Gasteiger partial charge in [-0.25, -0.2) is 9.78 Å². The van der Waals surface area contributed by atoms with Gasteiger partial charge in [0, 0.05) is 68.8 Å². The molecule has 0 radical (unpaired) electrons. The quantitative estimate of drug-likeness (QED) is 0.274. The first-order valence-corrected chi connectivity index (χ1v) is 14.7. The number of likely N-dealkylation sites (N-methyl/N-ethyl adjacent to an activating group) is 1. The zero-order valence-electron chi connectivity index (χ0n) is 25.2. The Hall–Kier alpha value is -4.16. The van der Waals surface area contributed by atoms with E-state index in [1.165, 1.54) is 6.07 Å². The molecular weight excluding hydrogens is 571 g/mol. The van der Waals surface area contributed by atoms with Crippen molar-refractivity contribution in [1.29, 1.82) is 0 Å². The molecule has 6 rings (SSSR count). The van der Waals surface area contributed by atoms with Gasteiger partial charge < -0.3 is 24.8 Å². The Kier molecular flexibility index (Phi) is 7.97. The van der Waals surface area contributed by atoms with Crippen LogP contribution in [0.3, 0.4) is 0 Å². The van der Waals surface area contributed by atoms with Crippen molar-refractivity contribution in [1.82, 2.24) is 29.7 Å². The molecule has 232 valence electrons. The molecule has 5 heterocycles. The highest BCUT2D eigenvalue weighted by atomic mass is 19.4. The number of piperazine rings is 1. The third-order valence-corrected chi connectivity index (χ3v) is 8.45. The fourth-order valence-corrected chi connectivity index (χ4v) is 6.21. The summed E-state index contributed by atoms with van der Waals surface area (Å²) in [5, 5.41) is 3.55. The van der Waals surface area contributed by atoms with E-state index in [1.54, 1.807) is 29.4 Å². The van der Waals surface area contributed by atoms with Crippen molar-refractivity contribution in [3.05, 3.63) is 76.9 Å². The summed E-state index contributed by atoms with van der Waals surface area (Å²) in [5.41, 5.74) is 2.94. The van der Waals surface area contributed by atoms with E-state index in [0.717, 1.165) is 47.1 Å². The van der Waals surface area contributed by atoms with Crippen molar-refractivity contribution in [3.63, 3.8) is 0 Å². The maximum Gasteiger partial charge on any atom is 0.416 e. The number of carbonyl (C=O) groups is 1. The molecule has 0 unspecified atom stereocenters. The molecule has 1 aromatic carbocycles. The molecule has 0 spiro atoms. The van der Waals surface area contributed by atoms with Crippen LogP contribution < -0.4 is 10.1 Å².